The maximum Gasteiger partial charge on any atom is 0.308 e. The normalized spacial score (nSPS) is 12.8. The highest BCUT2D eigenvalue weighted by atomic mass is 16.6. The molecule has 0 bridgehead atoms. The van der Waals surface area contributed by atoms with Crippen molar-refractivity contribution in [1.29, 1.82) is 0 Å². The number of hydrogen-bond donors (Lipinski definition) is 2. The van der Waals surface area contributed by atoms with E-state index in [1.54, 1.807) is 0 Å². The van der Waals surface area contributed by atoms with Crippen molar-refractivity contribution in [3.63, 3.8) is 0 Å². The minimum atomic E-state index is -1.16. The van der Waals surface area contributed by atoms with Gasteiger partial charge in [-0.2, -0.15) is 5.10 Å². The highest BCUT2D eigenvalue weighted by molar-refractivity contribution is 5.84. The van der Waals surface area contributed by atoms with Gasteiger partial charge in [0.05, 0.1) is 10.8 Å². The van der Waals surface area contributed by atoms with Gasteiger partial charge in [0, 0.05) is 6.54 Å². The molecule has 1 aromatic heterocycles. The third-order valence-electron chi connectivity index (χ3n) is 2.90. The Morgan fingerprint density at radius 3 is 2.65 bits per heavy atom. The first-order valence-corrected chi connectivity index (χ1v) is 5.87. The van der Waals surface area contributed by atoms with E-state index in [2.05, 4.69) is 10.4 Å². The number of aliphatic carboxylic acids is 1. The van der Waals surface area contributed by atoms with Gasteiger partial charge in [-0.1, -0.05) is 6.92 Å². The monoisotopic (exact) mass is 284 g/mol. The number of carbonyl (C=O) groups is 2. The molecule has 2 N–H and O–H groups in total. The summed E-state index contributed by atoms with van der Waals surface area (Å²) < 4.78 is 1.17. The van der Waals surface area contributed by atoms with E-state index in [1.165, 1.54) is 25.5 Å². The molecule has 1 unspecified atom stereocenters. The number of nitrogens with zero attached hydrogens (tertiary/aromatic N) is 3. The van der Waals surface area contributed by atoms with Crippen molar-refractivity contribution in [3.8, 4) is 0 Å². The van der Waals surface area contributed by atoms with E-state index in [4.69, 9.17) is 5.11 Å². The predicted molar refractivity (Wildman–Crippen MR) is 68.0 cm³/mol. The third kappa shape index (κ3) is 3.31. The SMILES string of the molecule is CC(CNC(=O)C(C)(C)n1cc([N+](=O)[O-])cn1)C(=O)O. The first kappa shape index (κ1) is 15.6. The van der Waals surface area contributed by atoms with Crippen LogP contribution in [0.1, 0.15) is 20.8 Å². The molecule has 1 heterocycles. The standard InChI is InChI=1S/C11H16N4O5/c1-7(9(16)17)4-12-10(18)11(2,3)14-6-8(5-13-14)15(19)20/h5-7H,4H2,1-3H3,(H,12,18)(H,16,17). The van der Waals surface area contributed by atoms with Gasteiger partial charge in [-0.05, 0) is 13.8 Å². The fourth-order valence-corrected chi connectivity index (χ4v) is 1.37. The number of carboxylic acids is 1. The Hall–Kier alpha value is -2.45. The second-order valence-electron chi connectivity index (χ2n) is 4.91. The van der Waals surface area contributed by atoms with Gasteiger partial charge in [-0.25, -0.2) is 0 Å². The summed E-state index contributed by atoms with van der Waals surface area (Å²) in [4.78, 5) is 32.7. The zero-order valence-electron chi connectivity index (χ0n) is 11.4. The van der Waals surface area contributed by atoms with Crippen LogP contribution in [-0.2, 0) is 15.1 Å². The fraction of sp³-hybridized carbons (Fsp3) is 0.545. The lowest BCUT2D eigenvalue weighted by Gasteiger charge is -2.24. The van der Waals surface area contributed by atoms with Crippen molar-refractivity contribution >= 4 is 17.6 Å². The molecule has 0 saturated heterocycles. The van der Waals surface area contributed by atoms with Crippen molar-refractivity contribution < 1.29 is 19.6 Å². The Labute approximate surface area is 114 Å². The highest BCUT2D eigenvalue weighted by Crippen LogP contribution is 2.18. The Kier molecular flexibility index (Phi) is 4.43. The number of carbonyl (C=O) groups excluding carboxylic acids is 1. The fourth-order valence-electron chi connectivity index (χ4n) is 1.37. The van der Waals surface area contributed by atoms with E-state index in [1.807, 2.05) is 0 Å². The quantitative estimate of drug-likeness (QED) is 0.573. The molecular formula is C11H16N4O5. The summed E-state index contributed by atoms with van der Waals surface area (Å²) in [6, 6.07) is 0. The average molecular weight is 284 g/mol. The van der Waals surface area contributed by atoms with Crippen LogP contribution in [0, 0.1) is 16.0 Å². The van der Waals surface area contributed by atoms with Crippen LogP contribution in [0.3, 0.4) is 0 Å². The summed E-state index contributed by atoms with van der Waals surface area (Å²) in [6.45, 7) is 4.50. The van der Waals surface area contributed by atoms with Gasteiger partial charge >= 0.3 is 11.7 Å². The maximum absolute atomic E-state index is 12.0. The molecule has 0 radical (unpaired) electrons. The molecule has 9 nitrogen and oxygen atoms in total. The zero-order valence-corrected chi connectivity index (χ0v) is 11.4. The minimum Gasteiger partial charge on any atom is -0.481 e. The molecule has 20 heavy (non-hydrogen) atoms. The van der Waals surface area contributed by atoms with Crippen LogP contribution in [0.4, 0.5) is 5.69 Å². The topological polar surface area (TPSA) is 127 Å². The molecule has 0 aromatic carbocycles. The van der Waals surface area contributed by atoms with Crippen LogP contribution in [0.2, 0.25) is 0 Å². The number of rotatable bonds is 6. The van der Waals surface area contributed by atoms with Crippen molar-refractivity contribution in [2.24, 2.45) is 5.92 Å². The minimum absolute atomic E-state index is 0.0268. The first-order chi connectivity index (χ1) is 9.16. The highest BCUT2D eigenvalue weighted by Gasteiger charge is 2.32. The molecule has 1 rings (SSSR count). The molecule has 0 aliphatic carbocycles. The molecule has 9 heteroatoms. The van der Waals surface area contributed by atoms with Gasteiger partial charge in [0.1, 0.15) is 17.9 Å². The van der Waals surface area contributed by atoms with Crippen LogP contribution in [0.25, 0.3) is 0 Å². The van der Waals surface area contributed by atoms with Gasteiger partial charge in [-0.3, -0.25) is 24.4 Å². The lowest BCUT2D eigenvalue weighted by Crippen LogP contribution is -2.46. The summed E-state index contributed by atoms with van der Waals surface area (Å²) in [7, 11) is 0. The molecule has 0 aliphatic rings. The number of hydrogen-bond acceptors (Lipinski definition) is 5. The predicted octanol–water partition coefficient (Wildman–Crippen LogP) is 0.363. The molecule has 110 valence electrons. The first-order valence-electron chi connectivity index (χ1n) is 5.87. The smallest absolute Gasteiger partial charge is 0.308 e. The van der Waals surface area contributed by atoms with E-state index >= 15 is 0 Å². The third-order valence-corrected chi connectivity index (χ3v) is 2.90. The maximum atomic E-state index is 12.0. The van der Waals surface area contributed by atoms with Crippen molar-refractivity contribution in [1.82, 2.24) is 15.1 Å². The van der Waals surface area contributed by atoms with E-state index in [9.17, 15) is 19.7 Å². The largest absolute Gasteiger partial charge is 0.481 e. The van der Waals surface area contributed by atoms with Gasteiger partial charge in [-0.15, -0.1) is 0 Å². The molecule has 1 amide bonds. The van der Waals surface area contributed by atoms with Crippen molar-refractivity contribution in [2.75, 3.05) is 6.54 Å². The second-order valence-corrected chi connectivity index (χ2v) is 4.91. The summed E-state index contributed by atoms with van der Waals surface area (Å²) in [5.74, 6) is -2.21. The van der Waals surface area contributed by atoms with E-state index in [0.717, 1.165) is 12.4 Å². The Balaban J connectivity index is 2.78. The van der Waals surface area contributed by atoms with Crippen LogP contribution in [-0.4, -0.2) is 38.2 Å². The number of amides is 1. The van der Waals surface area contributed by atoms with Gasteiger partial charge in [0.2, 0.25) is 5.91 Å². The summed E-state index contributed by atoms with van der Waals surface area (Å²) in [5.41, 5.74) is -1.38. The Morgan fingerprint density at radius 1 is 1.60 bits per heavy atom. The zero-order chi connectivity index (χ0) is 15.5. The molecule has 0 saturated carbocycles. The molecule has 0 aliphatic heterocycles. The summed E-state index contributed by atoms with van der Waals surface area (Å²) in [6.07, 6.45) is 2.20. The molecule has 1 aromatic rings. The second kappa shape index (κ2) is 5.68. The lowest BCUT2D eigenvalue weighted by atomic mass is 10.0. The Morgan fingerprint density at radius 2 is 2.20 bits per heavy atom. The van der Waals surface area contributed by atoms with Gasteiger partial charge in [0.25, 0.3) is 0 Å². The van der Waals surface area contributed by atoms with Crippen LogP contribution < -0.4 is 5.32 Å². The summed E-state index contributed by atoms with van der Waals surface area (Å²) >= 11 is 0. The number of nitro groups is 1. The molecule has 0 fully saturated rings. The van der Waals surface area contributed by atoms with Crippen LogP contribution >= 0.6 is 0 Å². The molecular weight excluding hydrogens is 268 g/mol. The van der Waals surface area contributed by atoms with Crippen LogP contribution in [0.15, 0.2) is 12.4 Å². The van der Waals surface area contributed by atoms with Crippen LogP contribution in [0.5, 0.6) is 0 Å². The van der Waals surface area contributed by atoms with Gasteiger partial charge in [0.15, 0.2) is 0 Å². The molecule has 1 atom stereocenters. The number of aromatic nitrogens is 2. The average Bonchev–Trinajstić information content (AvgIpc) is 2.85. The van der Waals surface area contributed by atoms with E-state index in [-0.39, 0.29) is 12.2 Å². The lowest BCUT2D eigenvalue weighted by molar-refractivity contribution is -0.385. The number of carboxylic acid groups (broad SMARTS) is 1. The summed E-state index contributed by atoms with van der Waals surface area (Å²) in [5, 5.41) is 25.6. The van der Waals surface area contributed by atoms with Crippen molar-refractivity contribution in [3.05, 3.63) is 22.5 Å². The number of nitrogens with one attached hydrogen (secondary N) is 1. The van der Waals surface area contributed by atoms with E-state index < -0.39 is 28.3 Å². The van der Waals surface area contributed by atoms with E-state index in [0.29, 0.717) is 0 Å². The van der Waals surface area contributed by atoms with Gasteiger partial charge < -0.3 is 10.4 Å². The molecule has 0 spiro atoms. The van der Waals surface area contributed by atoms with Crippen molar-refractivity contribution in [2.45, 2.75) is 26.3 Å². The Bertz CT molecular complexity index is 537.